The lowest BCUT2D eigenvalue weighted by Crippen LogP contribution is -2.38. The number of aromatic nitrogens is 3. The van der Waals surface area contributed by atoms with E-state index in [1.54, 1.807) is 12.3 Å². The van der Waals surface area contributed by atoms with Crippen LogP contribution in [-0.2, 0) is 4.74 Å². The van der Waals surface area contributed by atoms with Crippen LogP contribution in [0.15, 0.2) is 16.8 Å². The number of morpholine rings is 1. The molecule has 104 valence electrons. The van der Waals surface area contributed by atoms with E-state index in [4.69, 9.17) is 14.5 Å². The maximum atomic E-state index is 8.80. The summed E-state index contributed by atoms with van der Waals surface area (Å²) in [5, 5.41) is 12.8. The Labute approximate surface area is 116 Å². The average Bonchev–Trinajstić information content (AvgIpc) is 3.15. The summed E-state index contributed by atoms with van der Waals surface area (Å²) in [4.78, 5) is 9.57. The number of ether oxygens (including phenoxy) is 1. The zero-order chi connectivity index (χ0) is 13.9. The Morgan fingerprint density at radius 1 is 1.60 bits per heavy atom. The van der Waals surface area contributed by atoms with Crippen molar-refractivity contribution in [3.05, 3.63) is 23.7 Å². The Kier molecular flexibility index (Phi) is 3.50. The lowest BCUT2D eigenvalue weighted by atomic mass is 10.2. The number of nitriles is 1. The number of hydrogen-bond acceptors (Lipinski definition) is 6. The normalized spacial score (nSPS) is 19.9. The highest BCUT2D eigenvalue weighted by Crippen LogP contribution is 2.23. The molecule has 0 aromatic carbocycles. The number of nitrogens with zero attached hydrogens (tertiary/aromatic N) is 4. The monoisotopic (exact) mass is 273 g/mol. The van der Waals surface area contributed by atoms with Gasteiger partial charge in [0.2, 0.25) is 5.82 Å². The van der Waals surface area contributed by atoms with Crippen LogP contribution in [0.5, 0.6) is 0 Å². The summed E-state index contributed by atoms with van der Waals surface area (Å²) in [6.07, 6.45) is 1.45. The minimum Gasteiger partial charge on any atom is -0.367 e. The van der Waals surface area contributed by atoms with E-state index >= 15 is 0 Å². The third kappa shape index (κ3) is 2.43. The first-order chi connectivity index (χ1) is 9.80. The molecule has 0 aliphatic carbocycles. The average molecular weight is 273 g/mol. The molecule has 2 aromatic heterocycles. The van der Waals surface area contributed by atoms with Crippen LogP contribution in [-0.4, -0.2) is 46.3 Å². The molecule has 7 nitrogen and oxygen atoms in total. The van der Waals surface area contributed by atoms with Crippen LogP contribution < -0.4 is 0 Å². The smallest absolute Gasteiger partial charge is 0.274 e. The van der Waals surface area contributed by atoms with Crippen LogP contribution in [0.25, 0.3) is 11.6 Å². The molecular weight excluding hydrogens is 258 g/mol. The fourth-order valence-electron chi connectivity index (χ4n) is 2.20. The van der Waals surface area contributed by atoms with Crippen LogP contribution >= 0.6 is 0 Å². The molecule has 0 spiro atoms. The van der Waals surface area contributed by atoms with E-state index in [1.807, 2.05) is 6.07 Å². The molecule has 1 atom stereocenters. The van der Waals surface area contributed by atoms with Crippen molar-refractivity contribution < 1.29 is 9.26 Å². The molecule has 1 aliphatic heterocycles. The van der Waals surface area contributed by atoms with Crippen molar-refractivity contribution in [3.63, 3.8) is 0 Å². The van der Waals surface area contributed by atoms with Crippen LogP contribution in [0.4, 0.5) is 0 Å². The van der Waals surface area contributed by atoms with E-state index in [9.17, 15) is 0 Å². The minimum absolute atomic E-state index is 0.161. The second-order valence-electron chi connectivity index (χ2n) is 4.62. The van der Waals surface area contributed by atoms with Gasteiger partial charge in [-0.3, -0.25) is 4.90 Å². The fraction of sp³-hybridized carbons (Fsp3) is 0.462. The van der Waals surface area contributed by atoms with Crippen molar-refractivity contribution in [2.45, 2.75) is 13.0 Å². The lowest BCUT2D eigenvalue weighted by Gasteiger charge is -2.30. The Hall–Kier alpha value is -2.17. The minimum atomic E-state index is -0.161. The van der Waals surface area contributed by atoms with Crippen LogP contribution in [0.3, 0.4) is 0 Å². The molecule has 1 aliphatic rings. The van der Waals surface area contributed by atoms with Gasteiger partial charge in [-0.15, -0.1) is 0 Å². The largest absolute Gasteiger partial charge is 0.367 e. The van der Waals surface area contributed by atoms with Crippen molar-refractivity contribution in [1.29, 1.82) is 5.26 Å². The fourth-order valence-corrected chi connectivity index (χ4v) is 2.20. The van der Waals surface area contributed by atoms with Gasteiger partial charge in [0.1, 0.15) is 17.9 Å². The van der Waals surface area contributed by atoms with Gasteiger partial charge in [-0.2, -0.15) is 10.2 Å². The number of likely N-dealkylation sites (N-methyl/N-ethyl adjacent to an activating group) is 1. The van der Waals surface area contributed by atoms with E-state index in [0.29, 0.717) is 29.6 Å². The van der Waals surface area contributed by atoms with Crippen molar-refractivity contribution in [1.82, 2.24) is 20.0 Å². The van der Waals surface area contributed by atoms with Gasteiger partial charge in [0.05, 0.1) is 12.2 Å². The number of rotatable bonds is 3. The molecule has 1 N–H and O–H groups in total. The van der Waals surface area contributed by atoms with Gasteiger partial charge < -0.3 is 14.2 Å². The highest BCUT2D eigenvalue weighted by Gasteiger charge is 2.25. The van der Waals surface area contributed by atoms with Gasteiger partial charge >= 0.3 is 0 Å². The SMILES string of the molecule is CCN1CCOC(c2noc(-c3cc(C#N)c[nH]3)n2)C1. The van der Waals surface area contributed by atoms with E-state index in [-0.39, 0.29) is 6.10 Å². The topological polar surface area (TPSA) is 91.0 Å². The molecule has 0 bridgehead atoms. The highest BCUT2D eigenvalue weighted by molar-refractivity contribution is 5.51. The third-order valence-electron chi connectivity index (χ3n) is 3.37. The van der Waals surface area contributed by atoms with Crippen LogP contribution in [0, 0.1) is 11.3 Å². The summed E-state index contributed by atoms with van der Waals surface area (Å²) in [6.45, 7) is 5.46. The van der Waals surface area contributed by atoms with Gasteiger partial charge in [-0.05, 0) is 12.6 Å². The predicted octanol–water partition coefficient (Wildman–Crippen LogP) is 1.33. The third-order valence-corrected chi connectivity index (χ3v) is 3.37. The zero-order valence-corrected chi connectivity index (χ0v) is 11.2. The molecular formula is C13H15N5O2. The van der Waals surface area contributed by atoms with Crippen LogP contribution in [0.2, 0.25) is 0 Å². The maximum absolute atomic E-state index is 8.80. The molecule has 1 unspecified atom stereocenters. The number of nitrogens with one attached hydrogen (secondary N) is 1. The number of H-pyrrole nitrogens is 1. The molecule has 7 heteroatoms. The first-order valence-corrected chi connectivity index (χ1v) is 6.56. The number of aromatic amines is 1. The van der Waals surface area contributed by atoms with E-state index in [0.717, 1.165) is 19.6 Å². The van der Waals surface area contributed by atoms with Gasteiger partial charge in [0, 0.05) is 19.3 Å². The molecule has 1 saturated heterocycles. The van der Waals surface area contributed by atoms with Crippen molar-refractivity contribution >= 4 is 0 Å². The van der Waals surface area contributed by atoms with Crippen molar-refractivity contribution in [2.24, 2.45) is 0 Å². The second kappa shape index (κ2) is 5.45. The Morgan fingerprint density at radius 3 is 3.25 bits per heavy atom. The van der Waals surface area contributed by atoms with Gasteiger partial charge in [0.25, 0.3) is 5.89 Å². The second-order valence-corrected chi connectivity index (χ2v) is 4.62. The molecule has 2 aromatic rings. The van der Waals surface area contributed by atoms with E-state index in [1.165, 1.54) is 0 Å². The molecule has 0 saturated carbocycles. The summed E-state index contributed by atoms with van der Waals surface area (Å²) < 4.78 is 10.9. The first kappa shape index (κ1) is 12.8. The Bertz CT molecular complexity index is 627. The van der Waals surface area contributed by atoms with E-state index in [2.05, 4.69) is 26.9 Å². The summed E-state index contributed by atoms with van der Waals surface area (Å²) in [6, 6.07) is 3.73. The standard InChI is InChI=1S/C13H15N5O2/c1-2-18-3-4-19-11(8-18)12-16-13(20-17-12)10-5-9(6-14)7-15-10/h5,7,11,15H,2-4,8H2,1H3. The lowest BCUT2D eigenvalue weighted by molar-refractivity contribution is -0.0334. The zero-order valence-electron chi connectivity index (χ0n) is 11.2. The van der Waals surface area contributed by atoms with E-state index < -0.39 is 0 Å². The number of hydrogen-bond donors (Lipinski definition) is 1. The molecule has 3 heterocycles. The highest BCUT2D eigenvalue weighted by atomic mass is 16.5. The summed E-state index contributed by atoms with van der Waals surface area (Å²) in [5.41, 5.74) is 1.18. The molecule has 3 rings (SSSR count). The van der Waals surface area contributed by atoms with Gasteiger partial charge in [0.15, 0.2) is 0 Å². The van der Waals surface area contributed by atoms with Gasteiger partial charge in [-0.25, -0.2) is 0 Å². The molecule has 0 radical (unpaired) electrons. The maximum Gasteiger partial charge on any atom is 0.274 e. The van der Waals surface area contributed by atoms with Crippen molar-refractivity contribution in [3.8, 4) is 17.7 Å². The summed E-state index contributed by atoms with van der Waals surface area (Å²) in [7, 11) is 0. The first-order valence-electron chi connectivity index (χ1n) is 6.56. The molecule has 0 amide bonds. The molecule has 1 fully saturated rings. The van der Waals surface area contributed by atoms with Crippen molar-refractivity contribution in [2.75, 3.05) is 26.2 Å². The predicted molar refractivity (Wildman–Crippen MR) is 69.6 cm³/mol. The Morgan fingerprint density at radius 2 is 2.50 bits per heavy atom. The summed E-state index contributed by atoms with van der Waals surface area (Å²) >= 11 is 0. The summed E-state index contributed by atoms with van der Waals surface area (Å²) in [5.74, 6) is 0.921. The molecule has 20 heavy (non-hydrogen) atoms. The quantitative estimate of drug-likeness (QED) is 0.907. The van der Waals surface area contributed by atoms with Crippen LogP contribution in [0.1, 0.15) is 24.4 Å². The Balaban J connectivity index is 1.78. The van der Waals surface area contributed by atoms with Gasteiger partial charge in [-0.1, -0.05) is 12.1 Å².